The number of alkyl halides is 1. The second-order valence-corrected chi connectivity index (χ2v) is 5.25. The standard InChI is InChI=1S/C10H10FNO.C9H16.2C2H6/c11-6-9-7-13-10(12-9)8-4-2-1-3-5-8;1-4-6-7-8-9(3)5-2;2*1-2/h1-5,9H,6-7H2;5-7,9H,2,4,8H2,1,3H3;2*1-2H3/b;7-6-;;. The predicted molar refractivity (Wildman–Crippen MR) is 115 cm³/mol. The highest BCUT2D eigenvalue weighted by atomic mass is 19.1. The van der Waals surface area contributed by atoms with E-state index in [1.54, 1.807) is 0 Å². The molecule has 0 bridgehead atoms. The Labute approximate surface area is 160 Å². The fraction of sp³-hybridized carbons (Fsp3) is 0.522. The van der Waals surface area contributed by atoms with Gasteiger partial charge in [0, 0.05) is 5.56 Å². The van der Waals surface area contributed by atoms with Crippen molar-refractivity contribution in [2.75, 3.05) is 13.3 Å². The molecule has 0 radical (unpaired) electrons. The van der Waals surface area contributed by atoms with Crippen LogP contribution in [0.15, 0.2) is 60.1 Å². The molecule has 1 aliphatic heterocycles. The van der Waals surface area contributed by atoms with Crippen molar-refractivity contribution in [3.05, 3.63) is 60.7 Å². The van der Waals surface area contributed by atoms with Gasteiger partial charge in [-0.3, -0.25) is 0 Å². The third-order valence-electron chi connectivity index (χ3n) is 3.22. The molecule has 1 aromatic carbocycles. The third-order valence-corrected chi connectivity index (χ3v) is 3.22. The number of halogens is 1. The molecule has 0 amide bonds. The van der Waals surface area contributed by atoms with Gasteiger partial charge in [-0.25, -0.2) is 9.38 Å². The largest absolute Gasteiger partial charge is 0.475 e. The van der Waals surface area contributed by atoms with Crippen LogP contribution in [0.5, 0.6) is 0 Å². The second-order valence-electron chi connectivity index (χ2n) is 5.25. The van der Waals surface area contributed by atoms with Crippen LogP contribution >= 0.6 is 0 Å². The quantitative estimate of drug-likeness (QED) is 0.498. The van der Waals surface area contributed by atoms with E-state index in [-0.39, 0.29) is 6.04 Å². The van der Waals surface area contributed by atoms with E-state index < -0.39 is 6.67 Å². The summed E-state index contributed by atoms with van der Waals surface area (Å²) in [4.78, 5) is 4.10. The highest BCUT2D eigenvalue weighted by Gasteiger charge is 2.19. The van der Waals surface area contributed by atoms with Gasteiger partial charge in [-0.1, -0.05) is 78.0 Å². The van der Waals surface area contributed by atoms with Crippen LogP contribution in [0.3, 0.4) is 0 Å². The first kappa shape index (κ1) is 26.3. The van der Waals surface area contributed by atoms with Crippen molar-refractivity contribution >= 4 is 5.90 Å². The lowest BCUT2D eigenvalue weighted by Gasteiger charge is -1.99. The minimum atomic E-state index is -0.448. The average molecular weight is 364 g/mol. The smallest absolute Gasteiger partial charge is 0.216 e. The molecule has 0 spiro atoms. The Hall–Kier alpha value is -1.90. The normalized spacial score (nSPS) is 15.8. The molecular formula is C23H38FNO. The molecule has 0 N–H and O–H groups in total. The van der Waals surface area contributed by atoms with E-state index in [2.05, 4.69) is 37.6 Å². The number of hydrogen-bond donors (Lipinski definition) is 0. The lowest BCUT2D eigenvalue weighted by molar-refractivity contribution is 0.292. The molecule has 0 saturated carbocycles. The van der Waals surface area contributed by atoms with Crippen molar-refractivity contribution in [2.45, 2.75) is 60.4 Å². The first-order chi connectivity index (χ1) is 12.7. The van der Waals surface area contributed by atoms with E-state index in [1.165, 1.54) is 0 Å². The molecule has 1 aromatic rings. The number of benzene rings is 1. The Morgan fingerprint density at radius 2 is 1.81 bits per heavy atom. The Morgan fingerprint density at radius 1 is 1.19 bits per heavy atom. The summed E-state index contributed by atoms with van der Waals surface area (Å²) in [5, 5.41) is 0. The zero-order valence-corrected chi connectivity index (χ0v) is 17.5. The van der Waals surface area contributed by atoms with E-state index in [4.69, 9.17) is 4.74 Å². The highest BCUT2D eigenvalue weighted by Crippen LogP contribution is 2.11. The number of nitrogens with zero attached hydrogens (tertiary/aromatic N) is 1. The topological polar surface area (TPSA) is 21.6 Å². The molecule has 0 fully saturated rings. The number of aliphatic imine (C=N–C) groups is 1. The van der Waals surface area contributed by atoms with Crippen LogP contribution in [0, 0.1) is 5.92 Å². The summed E-state index contributed by atoms with van der Waals surface area (Å²) in [5.74, 6) is 1.19. The van der Waals surface area contributed by atoms with Gasteiger partial charge in [0.1, 0.15) is 19.3 Å². The Balaban J connectivity index is 0. The zero-order valence-electron chi connectivity index (χ0n) is 17.5. The minimum absolute atomic E-state index is 0.310. The Morgan fingerprint density at radius 3 is 2.27 bits per heavy atom. The summed E-state index contributed by atoms with van der Waals surface area (Å²) in [6.07, 6.45) is 8.67. The van der Waals surface area contributed by atoms with Crippen molar-refractivity contribution in [3.8, 4) is 0 Å². The average Bonchev–Trinajstić information content (AvgIpc) is 3.21. The van der Waals surface area contributed by atoms with E-state index in [1.807, 2.05) is 64.1 Å². The van der Waals surface area contributed by atoms with Gasteiger partial charge in [0.15, 0.2) is 0 Å². The molecule has 1 aliphatic rings. The molecule has 2 unspecified atom stereocenters. The molecule has 3 heteroatoms. The fourth-order valence-electron chi connectivity index (χ4n) is 1.81. The SMILES string of the molecule is C=CC(C)C/C=C\CC.CC.CC.FCC1COC(c2ccccc2)=N1. The minimum Gasteiger partial charge on any atom is -0.475 e. The van der Waals surface area contributed by atoms with Crippen LogP contribution < -0.4 is 0 Å². The molecule has 2 atom stereocenters. The molecule has 0 aliphatic carbocycles. The lowest BCUT2D eigenvalue weighted by atomic mass is 10.1. The summed E-state index contributed by atoms with van der Waals surface area (Å²) in [5.41, 5.74) is 0.915. The summed E-state index contributed by atoms with van der Waals surface area (Å²) < 4.78 is 17.5. The molecule has 0 aromatic heterocycles. The molecular weight excluding hydrogens is 325 g/mol. The lowest BCUT2D eigenvalue weighted by Crippen LogP contribution is -2.07. The van der Waals surface area contributed by atoms with E-state index >= 15 is 0 Å². The summed E-state index contributed by atoms with van der Waals surface area (Å²) in [6.45, 7) is 15.9. The molecule has 148 valence electrons. The van der Waals surface area contributed by atoms with Crippen LogP contribution in [-0.2, 0) is 4.74 Å². The summed E-state index contributed by atoms with van der Waals surface area (Å²) in [6, 6.07) is 9.23. The van der Waals surface area contributed by atoms with Gasteiger partial charge in [-0.05, 0) is 30.9 Å². The summed E-state index contributed by atoms with van der Waals surface area (Å²) >= 11 is 0. The van der Waals surface area contributed by atoms with E-state index in [9.17, 15) is 4.39 Å². The molecule has 26 heavy (non-hydrogen) atoms. The number of ether oxygens (including phenoxy) is 1. The van der Waals surface area contributed by atoms with E-state index in [0.29, 0.717) is 18.4 Å². The van der Waals surface area contributed by atoms with Crippen LogP contribution in [0.2, 0.25) is 0 Å². The van der Waals surface area contributed by atoms with Gasteiger partial charge in [-0.15, -0.1) is 6.58 Å². The Bertz CT molecular complexity index is 482. The van der Waals surface area contributed by atoms with Crippen molar-refractivity contribution in [3.63, 3.8) is 0 Å². The van der Waals surface area contributed by atoms with Gasteiger partial charge >= 0.3 is 0 Å². The second kappa shape index (κ2) is 19.4. The number of allylic oxidation sites excluding steroid dienone is 3. The maximum absolute atomic E-state index is 12.2. The van der Waals surface area contributed by atoms with Gasteiger partial charge in [0.25, 0.3) is 0 Å². The van der Waals surface area contributed by atoms with Crippen molar-refractivity contribution in [1.29, 1.82) is 0 Å². The monoisotopic (exact) mass is 363 g/mol. The highest BCUT2D eigenvalue weighted by molar-refractivity contribution is 5.95. The van der Waals surface area contributed by atoms with Crippen LogP contribution in [0.1, 0.15) is 59.9 Å². The van der Waals surface area contributed by atoms with Crippen LogP contribution in [0.4, 0.5) is 4.39 Å². The van der Waals surface area contributed by atoms with Crippen molar-refractivity contribution < 1.29 is 9.13 Å². The van der Waals surface area contributed by atoms with Gasteiger partial charge < -0.3 is 4.74 Å². The molecule has 2 nitrogen and oxygen atoms in total. The van der Waals surface area contributed by atoms with E-state index in [0.717, 1.165) is 18.4 Å². The van der Waals surface area contributed by atoms with Gasteiger partial charge in [0.2, 0.25) is 5.90 Å². The molecule has 1 heterocycles. The first-order valence-corrected chi connectivity index (χ1v) is 9.80. The maximum atomic E-state index is 12.2. The maximum Gasteiger partial charge on any atom is 0.216 e. The van der Waals surface area contributed by atoms with Gasteiger partial charge in [-0.2, -0.15) is 0 Å². The van der Waals surface area contributed by atoms with Crippen molar-refractivity contribution in [1.82, 2.24) is 0 Å². The van der Waals surface area contributed by atoms with Gasteiger partial charge in [0.05, 0.1) is 0 Å². The Kier molecular flexibility index (Phi) is 19.7. The van der Waals surface area contributed by atoms with Crippen LogP contribution in [0.25, 0.3) is 0 Å². The fourth-order valence-corrected chi connectivity index (χ4v) is 1.81. The molecule has 2 rings (SSSR count). The summed E-state index contributed by atoms with van der Waals surface area (Å²) in [7, 11) is 0. The first-order valence-electron chi connectivity index (χ1n) is 9.80. The van der Waals surface area contributed by atoms with Crippen molar-refractivity contribution in [2.24, 2.45) is 10.9 Å². The third kappa shape index (κ3) is 12.5. The number of rotatable bonds is 6. The predicted octanol–water partition coefficient (Wildman–Crippen LogP) is 7.02. The van der Waals surface area contributed by atoms with Crippen LogP contribution in [-0.4, -0.2) is 25.2 Å². The zero-order chi connectivity index (χ0) is 20.2. The number of hydrogen-bond acceptors (Lipinski definition) is 2. The molecule has 0 saturated heterocycles.